The molecular weight excluding hydrogens is 224 g/mol. The van der Waals surface area contributed by atoms with Crippen LogP contribution in [0.3, 0.4) is 0 Å². The van der Waals surface area contributed by atoms with Crippen molar-refractivity contribution in [2.24, 2.45) is 0 Å². The van der Waals surface area contributed by atoms with Gasteiger partial charge in [-0.2, -0.15) is 0 Å². The van der Waals surface area contributed by atoms with E-state index < -0.39 is 0 Å². The van der Waals surface area contributed by atoms with Crippen LogP contribution < -0.4 is 5.32 Å². The predicted molar refractivity (Wildman–Crippen MR) is 63.6 cm³/mol. The highest BCUT2D eigenvalue weighted by Crippen LogP contribution is 2.24. The van der Waals surface area contributed by atoms with Crippen LogP contribution in [0.25, 0.3) is 11.4 Å². The molecule has 0 atom stereocenters. The quantitative estimate of drug-likeness (QED) is 0.824. The Hall–Kier alpha value is -1.55. The highest BCUT2D eigenvalue weighted by atomic mass is 35.5. The number of nitrogens with one attached hydrogen (secondary N) is 1. The molecule has 16 heavy (non-hydrogen) atoms. The van der Waals surface area contributed by atoms with Crippen molar-refractivity contribution >= 4 is 17.5 Å². The minimum absolute atomic E-state index is 0.736. The fourth-order valence-corrected chi connectivity index (χ4v) is 2.02. The van der Waals surface area contributed by atoms with Crippen LogP contribution in [0.1, 0.15) is 6.42 Å². The van der Waals surface area contributed by atoms with E-state index in [0.29, 0.717) is 0 Å². The van der Waals surface area contributed by atoms with Crippen molar-refractivity contribution in [3.8, 4) is 11.4 Å². The van der Waals surface area contributed by atoms with Crippen molar-refractivity contribution in [2.45, 2.75) is 13.0 Å². The molecule has 3 rings (SSSR count). The van der Waals surface area contributed by atoms with E-state index in [4.69, 9.17) is 11.6 Å². The Labute approximate surface area is 98.3 Å². The van der Waals surface area contributed by atoms with E-state index in [-0.39, 0.29) is 0 Å². The summed E-state index contributed by atoms with van der Waals surface area (Å²) in [4.78, 5) is 0. The second-order valence-corrected chi connectivity index (χ2v) is 4.22. The lowest BCUT2D eigenvalue weighted by atomic mass is 10.2. The maximum Gasteiger partial charge on any atom is 0.224 e. The third kappa shape index (κ3) is 1.55. The highest BCUT2D eigenvalue weighted by molar-refractivity contribution is 6.30. The molecule has 1 aliphatic rings. The molecule has 4 nitrogen and oxygen atoms in total. The number of hydrogen-bond donors (Lipinski definition) is 1. The van der Waals surface area contributed by atoms with Gasteiger partial charge in [0.2, 0.25) is 5.95 Å². The topological polar surface area (TPSA) is 42.7 Å². The first-order chi connectivity index (χ1) is 7.84. The predicted octanol–water partition coefficient (Wildman–Crippen LogP) is 2.41. The lowest BCUT2D eigenvalue weighted by Gasteiger charge is -2.16. The van der Waals surface area contributed by atoms with Gasteiger partial charge >= 0.3 is 0 Å². The number of rotatable bonds is 1. The molecule has 1 aromatic heterocycles. The van der Waals surface area contributed by atoms with Crippen LogP contribution >= 0.6 is 11.6 Å². The SMILES string of the molecule is Clc1ccc(-c2nnc3n2CCCN3)cc1. The molecule has 82 valence electrons. The molecule has 0 radical (unpaired) electrons. The summed E-state index contributed by atoms with van der Waals surface area (Å²) in [5.41, 5.74) is 1.05. The number of anilines is 1. The molecule has 0 bridgehead atoms. The molecule has 1 aromatic carbocycles. The minimum Gasteiger partial charge on any atom is -0.354 e. The van der Waals surface area contributed by atoms with Crippen molar-refractivity contribution < 1.29 is 0 Å². The van der Waals surface area contributed by atoms with Crippen LogP contribution in [0.5, 0.6) is 0 Å². The maximum atomic E-state index is 5.86. The summed E-state index contributed by atoms with van der Waals surface area (Å²) in [6.07, 6.45) is 1.10. The third-order valence-electron chi connectivity index (χ3n) is 2.69. The number of nitrogens with zero attached hydrogens (tertiary/aromatic N) is 3. The first-order valence-electron chi connectivity index (χ1n) is 5.27. The number of benzene rings is 1. The monoisotopic (exact) mass is 234 g/mol. The summed E-state index contributed by atoms with van der Waals surface area (Å²) in [5.74, 6) is 1.76. The summed E-state index contributed by atoms with van der Waals surface area (Å²) < 4.78 is 2.10. The fourth-order valence-electron chi connectivity index (χ4n) is 1.90. The van der Waals surface area contributed by atoms with Crippen molar-refractivity contribution in [3.05, 3.63) is 29.3 Å². The average Bonchev–Trinajstić information content (AvgIpc) is 2.74. The van der Waals surface area contributed by atoms with Crippen LogP contribution in [-0.4, -0.2) is 21.3 Å². The highest BCUT2D eigenvalue weighted by Gasteiger charge is 2.15. The number of hydrogen-bond acceptors (Lipinski definition) is 3. The normalized spacial score (nSPS) is 14.3. The van der Waals surface area contributed by atoms with Gasteiger partial charge in [0.25, 0.3) is 0 Å². The van der Waals surface area contributed by atoms with Gasteiger partial charge in [-0.15, -0.1) is 10.2 Å². The molecule has 2 heterocycles. The molecule has 2 aromatic rings. The number of fused-ring (bicyclic) bond motifs is 1. The van der Waals surface area contributed by atoms with E-state index in [1.165, 1.54) is 0 Å². The van der Waals surface area contributed by atoms with Crippen molar-refractivity contribution in [1.82, 2.24) is 14.8 Å². The molecule has 0 saturated heterocycles. The lowest BCUT2D eigenvalue weighted by molar-refractivity contribution is 0.631. The van der Waals surface area contributed by atoms with Crippen molar-refractivity contribution in [1.29, 1.82) is 0 Å². The molecule has 5 heteroatoms. The fraction of sp³-hybridized carbons (Fsp3) is 0.273. The molecule has 1 N–H and O–H groups in total. The molecule has 0 spiro atoms. The number of halogens is 1. The van der Waals surface area contributed by atoms with Crippen molar-refractivity contribution in [3.63, 3.8) is 0 Å². The Morgan fingerprint density at radius 2 is 2.00 bits per heavy atom. The van der Waals surface area contributed by atoms with E-state index in [1.54, 1.807) is 0 Å². The zero-order chi connectivity index (χ0) is 11.0. The van der Waals surface area contributed by atoms with E-state index in [0.717, 1.165) is 41.9 Å². The van der Waals surface area contributed by atoms with E-state index in [2.05, 4.69) is 20.1 Å². The zero-order valence-corrected chi connectivity index (χ0v) is 9.41. The minimum atomic E-state index is 0.736. The van der Waals surface area contributed by atoms with Crippen LogP contribution in [0, 0.1) is 0 Å². The molecule has 1 aliphatic heterocycles. The summed E-state index contributed by atoms with van der Waals surface area (Å²) in [5, 5.41) is 12.3. The summed E-state index contributed by atoms with van der Waals surface area (Å²) >= 11 is 5.86. The van der Waals surface area contributed by atoms with Crippen LogP contribution in [0.2, 0.25) is 5.02 Å². The van der Waals surface area contributed by atoms with Crippen molar-refractivity contribution in [2.75, 3.05) is 11.9 Å². The molecule has 0 amide bonds. The van der Waals surface area contributed by atoms with Crippen LogP contribution in [0.15, 0.2) is 24.3 Å². The Bertz CT molecular complexity index is 503. The average molecular weight is 235 g/mol. The van der Waals surface area contributed by atoms with Crippen LogP contribution in [0.4, 0.5) is 5.95 Å². The van der Waals surface area contributed by atoms with E-state index >= 15 is 0 Å². The van der Waals surface area contributed by atoms with Gasteiger partial charge in [-0.1, -0.05) is 11.6 Å². The molecule has 0 fully saturated rings. The zero-order valence-electron chi connectivity index (χ0n) is 8.65. The van der Waals surface area contributed by atoms with Gasteiger partial charge in [-0.05, 0) is 30.7 Å². The Morgan fingerprint density at radius 3 is 2.81 bits per heavy atom. The molecule has 0 aliphatic carbocycles. The van der Waals surface area contributed by atoms with E-state index in [1.807, 2.05) is 24.3 Å². The first-order valence-corrected chi connectivity index (χ1v) is 5.65. The molecule has 0 saturated carbocycles. The standard InChI is InChI=1S/C11H11ClN4/c12-9-4-2-8(3-5-9)10-14-15-11-13-6-1-7-16(10)11/h2-5H,1,6-7H2,(H,13,15). The third-order valence-corrected chi connectivity index (χ3v) is 2.95. The van der Waals surface area contributed by atoms with E-state index in [9.17, 15) is 0 Å². The first kappa shape index (κ1) is 9.66. The Kier molecular flexibility index (Phi) is 2.29. The Morgan fingerprint density at radius 1 is 1.19 bits per heavy atom. The summed E-state index contributed by atoms with van der Waals surface area (Å²) in [6, 6.07) is 7.67. The van der Waals surface area contributed by atoms with Gasteiger partial charge in [0, 0.05) is 23.7 Å². The van der Waals surface area contributed by atoms with Gasteiger partial charge in [0.1, 0.15) is 0 Å². The summed E-state index contributed by atoms with van der Waals surface area (Å²) in [7, 11) is 0. The smallest absolute Gasteiger partial charge is 0.224 e. The summed E-state index contributed by atoms with van der Waals surface area (Å²) in [6.45, 7) is 1.94. The van der Waals surface area contributed by atoms with Gasteiger partial charge in [-0.3, -0.25) is 4.57 Å². The molecule has 0 unspecified atom stereocenters. The second kappa shape index (κ2) is 3.79. The van der Waals surface area contributed by atoms with Gasteiger partial charge in [0.15, 0.2) is 5.82 Å². The van der Waals surface area contributed by atoms with Gasteiger partial charge in [0.05, 0.1) is 0 Å². The van der Waals surface area contributed by atoms with Crippen LogP contribution in [-0.2, 0) is 6.54 Å². The van der Waals surface area contributed by atoms with Gasteiger partial charge in [-0.25, -0.2) is 0 Å². The molecular formula is C11H11ClN4. The lowest BCUT2D eigenvalue weighted by Crippen LogP contribution is -2.17. The number of aromatic nitrogens is 3. The largest absolute Gasteiger partial charge is 0.354 e. The Balaban J connectivity index is 2.06. The maximum absolute atomic E-state index is 5.86. The second-order valence-electron chi connectivity index (χ2n) is 3.79. The van der Waals surface area contributed by atoms with Gasteiger partial charge < -0.3 is 5.32 Å².